The minimum atomic E-state index is -1.19. The molecule has 1 unspecified atom stereocenters. The molecule has 2 aromatic carbocycles. The van der Waals surface area contributed by atoms with Crippen LogP contribution in [0, 0.1) is 0 Å². The number of fused-ring (bicyclic) bond motifs is 3. The van der Waals surface area contributed by atoms with Crippen molar-refractivity contribution in [2.24, 2.45) is 11.5 Å². The zero-order valence-corrected chi connectivity index (χ0v) is 12.9. The molecular weight excluding hydrogens is 300 g/mol. The molecule has 2 aromatic rings. The quantitative estimate of drug-likeness (QED) is 0.719. The number of hydrogen-bond donors (Lipinski definition) is 2. The Morgan fingerprint density at radius 2 is 1.45 bits per heavy atom. The molecule has 1 aliphatic heterocycles. The third-order valence-corrected chi connectivity index (χ3v) is 4.86. The van der Waals surface area contributed by atoms with Gasteiger partial charge in [0, 0.05) is 18.7 Å². The molecule has 116 valence electrons. The van der Waals surface area contributed by atoms with E-state index in [-0.39, 0.29) is 0 Å². The Morgan fingerprint density at radius 3 is 2.14 bits per heavy atom. The van der Waals surface area contributed by atoms with Gasteiger partial charge in [-0.2, -0.15) is 0 Å². The summed E-state index contributed by atoms with van der Waals surface area (Å²) in [6.45, 7) is 1.81. The average molecular weight is 318 g/mol. The molecule has 0 fully saturated rings. The molecule has 0 bridgehead atoms. The summed E-state index contributed by atoms with van der Waals surface area (Å²) in [5, 5.41) is 0. The molecule has 0 saturated heterocycles. The number of rotatable bonds is 6. The summed E-state index contributed by atoms with van der Waals surface area (Å²) >= 11 is 0. The van der Waals surface area contributed by atoms with Crippen LogP contribution in [0.5, 0.6) is 11.5 Å². The second kappa shape index (κ2) is 6.48. The summed E-state index contributed by atoms with van der Waals surface area (Å²) in [6, 6.07) is 11.2. The molecule has 3 rings (SSSR count). The van der Waals surface area contributed by atoms with Gasteiger partial charge in [0.05, 0.1) is 20.6 Å². The van der Waals surface area contributed by atoms with Crippen LogP contribution in [0.15, 0.2) is 46.2 Å². The van der Waals surface area contributed by atoms with Crippen LogP contribution in [-0.4, -0.2) is 30.5 Å². The van der Waals surface area contributed by atoms with Gasteiger partial charge in [-0.1, -0.05) is 0 Å². The maximum absolute atomic E-state index is 12.6. The lowest BCUT2D eigenvalue weighted by molar-refractivity contribution is 0.327. The van der Waals surface area contributed by atoms with Gasteiger partial charge in [-0.15, -0.1) is 0 Å². The monoisotopic (exact) mass is 318 g/mol. The van der Waals surface area contributed by atoms with Gasteiger partial charge in [-0.25, -0.2) is 4.21 Å². The van der Waals surface area contributed by atoms with Crippen molar-refractivity contribution >= 4 is 10.8 Å². The van der Waals surface area contributed by atoms with E-state index in [0.717, 1.165) is 26.7 Å². The van der Waals surface area contributed by atoms with Crippen molar-refractivity contribution in [3.8, 4) is 22.6 Å². The highest BCUT2D eigenvalue weighted by Gasteiger charge is 2.26. The van der Waals surface area contributed by atoms with Gasteiger partial charge >= 0.3 is 0 Å². The van der Waals surface area contributed by atoms with Gasteiger partial charge in [-0.3, -0.25) is 0 Å². The van der Waals surface area contributed by atoms with Gasteiger partial charge in [0.1, 0.15) is 24.7 Å². The summed E-state index contributed by atoms with van der Waals surface area (Å²) < 4.78 is 23.7. The van der Waals surface area contributed by atoms with Crippen molar-refractivity contribution in [3.05, 3.63) is 36.4 Å². The molecular formula is C16H18N2O3S. The first-order chi connectivity index (χ1) is 10.7. The Labute approximate surface area is 131 Å². The molecule has 5 nitrogen and oxygen atoms in total. The van der Waals surface area contributed by atoms with Gasteiger partial charge in [0.2, 0.25) is 0 Å². The highest BCUT2D eigenvalue weighted by molar-refractivity contribution is 7.85. The summed E-state index contributed by atoms with van der Waals surface area (Å²) in [7, 11) is -1.19. The molecule has 0 radical (unpaired) electrons. The van der Waals surface area contributed by atoms with Crippen LogP contribution in [-0.2, 0) is 10.8 Å². The fourth-order valence-electron chi connectivity index (χ4n) is 2.41. The topological polar surface area (TPSA) is 87.6 Å². The number of hydrogen-bond acceptors (Lipinski definition) is 5. The second-order valence-electron chi connectivity index (χ2n) is 4.86. The Hall–Kier alpha value is -1.89. The third kappa shape index (κ3) is 2.72. The average Bonchev–Trinajstić information content (AvgIpc) is 2.83. The normalized spacial score (nSPS) is 15.3. The zero-order chi connectivity index (χ0) is 15.5. The van der Waals surface area contributed by atoms with Crippen molar-refractivity contribution in [1.82, 2.24) is 0 Å². The van der Waals surface area contributed by atoms with Crippen LogP contribution in [0.3, 0.4) is 0 Å². The lowest BCUT2D eigenvalue weighted by Gasteiger charge is -2.07. The molecule has 1 aliphatic rings. The smallest absolute Gasteiger partial charge is 0.120 e. The lowest BCUT2D eigenvalue weighted by Crippen LogP contribution is -2.10. The van der Waals surface area contributed by atoms with Crippen molar-refractivity contribution in [2.45, 2.75) is 9.79 Å². The highest BCUT2D eigenvalue weighted by atomic mass is 32.2. The summed E-state index contributed by atoms with van der Waals surface area (Å²) in [6.07, 6.45) is 0. The zero-order valence-electron chi connectivity index (χ0n) is 12.1. The van der Waals surface area contributed by atoms with E-state index >= 15 is 0 Å². The van der Waals surface area contributed by atoms with Crippen LogP contribution < -0.4 is 20.9 Å². The van der Waals surface area contributed by atoms with E-state index in [0.29, 0.717) is 32.1 Å². The predicted molar refractivity (Wildman–Crippen MR) is 85.7 cm³/mol. The van der Waals surface area contributed by atoms with Crippen LogP contribution in [0.25, 0.3) is 11.1 Å². The van der Waals surface area contributed by atoms with E-state index in [1.54, 1.807) is 0 Å². The fourth-order valence-corrected chi connectivity index (χ4v) is 3.81. The maximum Gasteiger partial charge on any atom is 0.120 e. The number of ether oxygens (including phenoxy) is 2. The van der Waals surface area contributed by atoms with Crippen molar-refractivity contribution < 1.29 is 13.7 Å². The highest BCUT2D eigenvalue weighted by Crippen LogP contribution is 2.43. The largest absolute Gasteiger partial charge is 0.492 e. The standard InChI is InChI=1S/C16H18N2O3S/c17-5-7-20-11-2-4-15-14(9-11)13-3-1-12(21-8-6-18)10-16(13)22(15)19/h1-4,9-10H,5-8,17-18H2. The van der Waals surface area contributed by atoms with E-state index in [4.69, 9.17) is 20.9 Å². The SMILES string of the molecule is NCCOc1ccc2c(c1)-c1ccc(OCCN)cc1S2=O. The van der Waals surface area contributed by atoms with E-state index in [1.165, 1.54) is 0 Å². The minimum Gasteiger partial charge on any atom is -0.492 e. The van der Waals surface area contributed by atoms with E-state index in [1.807, 2.05) is 36.4 Å². The van der Waals surface area contributed by atoms with Crippen LogP contribution >= 0.6 is 0 Å². The van der Waals surface area contributed by atoms with Crippen molar-refractivity contribution in [2.75, 3.05) is 26.3 Å². The molecule has 0 saturated carbocycles. The van der Waals surface area contributed by atoms with Crippen LogP contribution in [0.2, 0.25) is 0 Å². The van der Waals surface area contributed by atoms with Crippen molar-refractivity contribution in [3.63, 3.8) is 0 Å². The molecule has 0 aliphatic carbocycles. The molecule has 1 atom stereocenters. The van der Waals surface area contributed by atoms with Gasteiger partial charge in [0.25, 0.3) is 0 Å². The molecule has 0 aromatic heterocycles. The first kappa shape index (κ1) is 15.0. The molecule has 6 heteroatoms. The Bertz CT molecular complexity index is 719. The molecule has 4 N–H and O–H groups in total. The predicted octanol–water partition coefficient (Wildman–Crippen LogP) is 1.51. The molecule has 22 heavy (non-hydrogen) atoms. The Morgan fingerprint density at radius 1 is 0.818 bits per heavy atom. The summed E-state index contributed by atoms with van der Waals surface area (Å²) in [5.74, 6) is 1.42. The lowest BCUT2D eigenvalue weighted by atomic mass is 10.1. The second-order valence-corrected chi connectivity index (χ2v) is 6.28. The molecule has 1 heterocycles. The van der Waals surface area contributed by atoms with E-state index in [9.17, 15) is 4.21 Å². The Balaban J connectivity index is 1.95. The van der Waals surface area contributed by atoms with E-state index in [2.05, 4.69) is 0 Å². The molecule has 0 amide bonds. The summed E-state index contributed by atoms with van der Waals surface area (Å²) in [4.78, 5) is 1.56. The van der Waals surface area contributed by atoms with Crippen LogP contribution in [0.4, 0.5) is 0 Å². The minimum absolute atomic E-state index is 0.440. The van der Waals surface area contributed by atoms with Crippen LogP contribution in [0.1, 0.15) is 0 Å². The van der Waals surface area contributed by atoms with E-state index < -0.39 is 10.8 Å². The van der Waals surface area contributed by atoms with Gasteiger partial charge < -0.3 is 20.9 Å². The third-order valence-electron chi connectivity index (χ3n) is 3.37. The number of nitrogens with two attached hydrogens (primary N) is 2. The summed E-state index contributed by atoms with van der Waals surface area (Å²) in [5.41, 5.74) is 12.8. The molecule has 0 spiro atoms. The van der Waals surface area contributed by atoms with Crippen molar-refractivity contribution in [1.29, 1.82) is 0 Å². The Kier molecular flexibility index (Phi) is 4.42. The fraction of sp³-hybridized carbons (Fsp3) is 0.250. The van der Waals surface area contributed by atoms with Gasteiger partial charge in [-0.05, 0) is 42.0 Å². The first-order valence-corrected chi connectivity index (χ1v) is 8.25. The first-order valence-electron chi connectivity index (χ1n) is 7.10. The van der Waals surface area contributed by atoms with Gasteiger partial charge in [0.15, 0.2) is 0 Å². The maximum atomic E-state index is 12.6. The number of benzene rings is 2.